The molecule has 7 heteroatoms. The van der Waals surface area contributed by atoms with E-state index < -0.39 is 0 Å². The minimum absolute atomic E-state index is 0.272. The van der Waals surface area contributed by atoms with E-state index in [4.69, 9.17) is 15.2 Å². The first-order chi connectivity index (χ1) is 9.61. The molecule has 0 amide bonds. The SMILES string of the molecule is CCCOc1ncnc(Oc2ccc(Br)cc2Br)c1N. The standard InChI is InChI=1S/C13H13Br2N3O2/c1-2-5-19-12-11(16)13(18-7-17-12)20-10-4-3-8(14)6-9(10)15/h3-4,6-7H,2,5,16H2,1H3. The second-order valence-corrected chi connectivity index (χ2v) is 5.69. The molecule has 2 N–H and O–H groups in total. The number of ether oxygens (including phenoxy) is 2. The summed E-state index contributed by atoms with van der Waals surface area (Å²) in [5.41, 5.74) is 6.24. The van der Waals surface area contributed by atoms with Gasteiger partial charge in [-0.2, -0.15) is 9.97 Å². The van der Waals surface area contributed by atoms with E-state index in [1.165, 1.54) is 6.33 Å². The Labute approximate surface area is 133 Å². The number of benzene rings is 1. The first kappa shape index (κ1) is 15.1. The summed E-state index contributed by atoms with van der Waals surface area (Å²) in [6, 6.07) is 5.55. The molecule has 0 saturated carbocycles. The van der Waals surface area contributed by atoms with Crippen LogP contribution in [-0.4, -0.2) is 16.6 Å². The number of rotatable bonds is 5. The molecule has 20 heavy (non-hydrogen) atoms. The zero-order valence-electron chi connectivity index (χ0n) is 10.8. The van der Waals surface area contributed by atoms with Crippen LogP contribution in [0.25, 0.3) is 0 Å². The minimum Gasteiger partial charge on any atom is -0.476 e. The van der Waals surface area contributed by atoms with Crippen molar-refractivity contribution in [2.75, 3.05) is 12.3 Å². The first-order valence-corrected chi connectivity index (χ1v) is 7.56. The molecule has 2 aromatic rings. The zero-order chi connectivity index (χ0) is 14.5. The Kier molecular flexibility index (Phi) is 5.19. The number of halogens is 2. The highest BCUT2D eigenvalue weighted by atomic mass is 79.9. The fourth-order valence-corrected chi connectivity index (χ4v) is 2.55. The van der Waals surface area contributed by atoms with Gasteiger partial charge in [0.2, 0.25) is 11.8 Å². The Hall–Kier alpha value is -1.34. The molecule has 0 fully saturated rings. The van der Waals surface area contributed by atoms with Crippen LogP contribution in [0.1, 0.15) is 13.3 Å². The van der Waals surface area contributed by atoms with Gasteiger partial charge in [-0.1, -0.05) is 22.9 Å². The van der Waals surface area contributed by atoms with Crippen LogP contribution in [0.4, 0.5) is 5.69 Å². The van der Waals surface area contributed by atoms with Crippen molar-refractivity contribution in [3.63, 3.8) is 0 Å². The smallest absolute Gasteiger partial charge is 0.249 e. The average Bonchev–Trinajstić information content (AvgIpc) is 2.42. The molecule has 2 rings (SSSR count). The van der Waals surface area contributed by atoms with Crippen LogP contribution < -0.4 is 15.2 Å². The number of aromatic nitrogens is 2. The van der Waals surface area contributed by atoms with Crippen LogP contribution in [0.2, 0.25) is 0 Å². The van der Waals surface area contributed by atoms with Crippen molar-refractivity contribution in [2.24, 2.45) is 0 Å². The fourth-order valence-electron chi connectivity index (χ4n) is 1.42. The largest absolute Gasteiger partial charge is 0.476 e. The van der Waals surface area contributed by atoms with Crippen LogP contribution >= 0.6 is 31.9 Å². The van der Waals surface area contributed by atoms with E-state index in [0.717, 1.165) is 15.4 Å². The van der Waals surface area contributed by atoms with Gasteiger partial charge in [-0.25, -0.2) is 0 Å². The quantitative estimate of drug-likeness (QED) is 0.812. The van der Waals surface area contributed by atoms with Gasteiger partial charge >= 0.3 is 0 Å². The summed E-state index contributed by atoms with van der Waals surface area (Å²) in [5, 5.41) is 0. The summed E-state index contributed by atoms with van der Waals surface area (Å²) in [6.45, 7) is 2.55. The van der Waals surface area contributed by atoms with Gasteiger partial charge in [0.25, 0.3) is 0 Å². The number of nitrogens with two attached hydrogens (primary N) is 1. The van der Waals surface area contributed by atoms with Gasteiger partial charge in [0.15, 0.2) is 5.69 Å². The predicted molar refractivity (Wildman–Crippen MR) is 84.1 cm³/mol. The lowest BCUT2D eigenvalue weighted by Gasteiger charge is -2.11. The second-order valence-electron chi connectivity index (χ2n) is 3.92. The van der Waals surface area contributed by atoms with E-state index in [2.05, 4.69) is 41.8 Å². The van der Waals surface area contributed by atoms with E-state index >= 15 is 0 Å². The van der Waals surface area contributed by atoms with Gasteiger partial charge in [0, 0.05) is 4.47 Å². The Bertz CT molecular complexity index is 608. The van der Waals surface area contributed by atoms with E-state index in [1.807, 2.05) is 25.1 Å². The Morgan fingerprint density at radius 1 is 1.20 bits per heavy atom. The molecule has 0 unspecified atom stereocenters. The molecule has 5 nitrogen and oxygen atoms in total. The first-order valence-electron chi connectivity index (χ1n) is 5.98. The molecule has 0 aliphatic carbocycles. The van der Waals surface area contributed by atoms with Crippen molar-refractivity contribution in [1.29, 1.82) is 0 Å². The fraction of sp³-hybridized carbons (Fsp3) is 0.231. The average molecular weight is 403 g/mol. The Morgan fingerprint density at radius 3 is 2.65 bits per heavy atom. The van der Waals surface area contributed by atoms with Crippen LogP contribution in [0, 0.1) is 0 Å². The third-order valence-corrected chi connectivity index (χ3v) is 3.47. The normalized spacial score (nSPS) is 10.3. The van der Waals surface area contributed by atoms with Crippen molar-refractivity contribution in [3.05, 3.63) is 33.5 Å². The predicted octanol–water partition coefficient (Wildman–Crippen LogP) is 4.16. The van der Waals surface area contributed by atoms with Crippen molar-refractivity contribution >= 4 is 37.5 Å². The lowest BCUT2D eigenvalue weighted by molar-refractivity contribution is 0.304. The number of nitrogen functional groups attached to an aromatic ring is 1. The highest BCUT2D eigenvalue weighted by molar-refractivity contribution is 9.11. The highest BCUT2D eigenvalue weighted by Crippen LogP contribution is 2.35. The van der Waals surface area contributed by atoms with Gasteiger partial charge in [-0.15, -0.1) is 0 Å². The van der Waals surface area contributed by atoms with E-state index in [9.17, 15) is 0 Å². The maximum atomic E-state index is 5.95. The van der Waals surface area contributed by atoms with Gasteiger partial charge < -0.3 is 15.2 Å². The number of anilines is 1. The van der Waals surface area contributed by atoms with Crippen molar-refractivity contribution in [2.45, 2.75) is 13.3 Å². The lowest BCUT2D eigenvalue weighted by atomic mass is 10.3. The van der Waals surface area contributed by atoms with Gasteiger partial charge in [0.05, 0.1) is 11.1 Å². The zero-order valence-corrected chi connectivity index (χ0v) is 13.9. The molecule has 0 spiro atoms. The molecular formula is C13H13Br2N3O2. The molecule has 0 radical (unpaired) electrons. The molecule has 1 heterocycles. The lowest BCUT2D eigenvalue weighted by Crippen LogP contribution is -2.04. The van der Waals surface area contributed by atoms with Gasteiger partial charge in [0.1, 0.15) is 12.1 Å². The van der Waals surface area contributed by atoms with Crippen LogP contribution in [0.15, 0.2) is 33.5 Å². The maximum absolute atomic E-state index is 5.95. The summed E-state index contributed by atoms with van der Waals surface area (Å²) in [5.74, 6) is 1.22. The molecule has 0 saturated heterocycles. The van der Waals surface area contributed by atoms with Crippen LogP contribution in [0.5, 0.6) is 17.5 Å². The Balaban J connectivity index is 2.24. The van der Waals surface area contributed by atoms with Crippen molar-refractivity contribution in [3.8, 4) is 17.5 Å². The van der Waals surface area contributed by atoms with Crippen molar-refractivity contribution in [1.82, 2.24) is 9.97 Å². The van der Waals surface area contributed by atoms with Gasteiger partial charge in [-0.3, -0.25) is 0 Å². The molecule has 0 aliphatic heterocycles. The maximum Gasteiger partial charge on any atom is 0.249 e. The summed E-state index contributed by atoms with van der Waals surface area (Å²) in [4.78, 5) is 8.03. The Morgan fingerprint density at radius 2 is 1.95 bits per heavy atom. The highest BCUT2D eigenvalue weighted by Gasteiger charge is 2.12. The molecular weight excluding hydrogens is 390 g/mol. The molecule has 0 bridgehead atoms. The third kappa shape index (κ3) is 3.61. The third-order valence-electron chi connectivity index (χ3n) is 2.35. The minimum atomic E-state index is 0.272. The summed E-state index contributed by atoms with van der Waals surface area (Å²) in [6.07, 6.45) is 2.24. The van der Waals surface area contributed by atoms with Crippen LogP contribution in [0.3, 0.4) is 0 Å². The molecule has 1 aromatic carbocycles. The molecule has 0 atom stereocenters. The molecule has 0 aliphatic rings. The number of hydrogen-bond donors (Lipinski definition) is 1. The topological polar surface area (TPSA) is 70.3 Å². The number of nitrogens with zero attached hydrogens (tertiary/aromatic N) is 2. The monoisotopic (exact) mass is 401 g/mol. The van der Waals surface area contributed by atoms with E-state index in [-0.39, 0.29) is 11.6 Å². The van der Waals surface area contributed by atoms with Crippen LogP contribution in [-0.2, 0) is 0 Å². The summed E-state index contributed by atoms with van der Waals surface area (Å²) < 4.78 is 12.9. The van der Waals surface area contributed by atoms with Gasteiger partial charge in [-0.05, 0) is 40.5 Å². The number of hydrogen-bond acceptors (Lipinski definition) is 5. The summed E-state index contributed by atoms with van der Waals surface area (Å²) in [7, 11) is 0. The summed E-state index contributed by atoms with van der Waals surface area (Å²) >= 11 is 6.80. The molecule has 1 aromatic heterocycles. The van der Waals surface area contributed by atoms with E-state index in [0.29, 0.717) is 18.2 Å². The van der Waals surface area contributed by atoms with E-state index in [1.54, 1.807) is 0 Å². The molecule has 106 valence electrons. The van der Waals surface area contributed by atoms with Crippen molar-refractivity contribution < 1.29 is 9.47 Å². The second kappa shape index (κ2) is 6.90.